The Bertz CT molecular complexity index is 1330. The molecule has 2 atom stereocenters. The summed E-state index contributed by atoms with van der Waals surface area (Å²) in [5.74, 6) is 2.47. The molecule has 0 saturated heterocycles. The zero-order chi connectivity index (χ0) is 26.6. The zero-order valence-electron chi connectivity index (χ0n) is 22.5. The van der Waals surface area contributed by atoms with Crippen LogP contribution in [0.2, 0.25) is 0 Å². The van der Waals surface area contributed by atoms with Crippen molar-refractivity contribution in [1.29, 1.82) is 0 Å². The number of hydrogen-bond donors (Lipinski definition) is 2. The summed E-state index contributed by atoms with van der Waals surface area (Å²) in [6.45, 7) is 9.09. The number of fused-ring (bicyclic) bond motifs is 1. The molecule has 0 fully saturated rings. The summed E-state index contributed by atoms with van der Waals surface area (Å²) in [6, 6.07) is 21.9. The van der Waals surface area contributed by atoms with Crippen LogP contribution in [0.1, 0.15) is 63.6 Å². The van der Waals surface area contributed by atoms with Crippen LogP contribution in [0.4, 0.5) is 11.4 Å². The van der Waals surface area contributed by atoms with Gasteiger partial charge in [-0.05, 0) is 87.6 Å². The number of nitrogens with one attached hydrogen (secondary N) is 2. The van der Waals surface area contributed by atoms with E-state index >= 15 is 0 Å². The number of para-hydroxylation sites is 2. The van der Waals surface area contributed by atoms with Gasteiger partial charge in [-0.3, -0.25) is 4.79 Å². The predicted octanol–water partition coefficient (Wildman–Crippen LogP) is 7.25. The molecule has 0 aromatic heterocycles. The van der Waals surface area contributed by atoms with Crippen molar-refractivity contribution in [2.75, 3.05) is 23.8 Å². The fourth-order valence-corrected chi connectivity index (χ4v) is 5.30. The number of hydrogen-bond acceptors (Lipinski definition) is 6. The first kappa shape index (κ1) is 25.7. The van der Waals surface area contributed by atoms with Gasteiger partial charge in [0.25, 0.3) is 0 Å². The Morgan fingerprint density at radius 3 is 2.26 bits per heavy atom. The van der Waals surface area contributed by atoms with E-state index in [0.717, 1.165) is 45.9 Å². The van der Waals surface area contributed by atoms with Gasteiger partial charge in [-0.15, -0.1) is 0 Å². The highest BCUT2D eigenvalue weighted by Crippen LogP contribution is 2.45. The summed E-state index contributed by atoms with van der Waals surface area (Å²) < 4.78 is 17.6. The third-order valence-corrected chi connectivity index (χ3v) is 6.94. The number of anilines is 2. The standard InChI is InChI=1S/C32H36N2O4/c1-5-36-24-14-11-21(12-15-24)23-17-27-31(28(35)18-23)32(34-26-10-8-7-9-25(26)33-27)22-13-16-29(38-20(3)4)30(19-22)37-6-2/h7-16,19-20,23,32-34H,5-6,17-18H2,1-4H3. The molecule has 1 aliphatic heterocycles. The topological polar surface area (TPSA) is 68.8 Å². The van der Waals surface area contributed by atoms with E-state index in [4.69, 9.17) is 14.2 Å². The van der Waals surface area contributed by atoms with Crippen molar-refractivity contribution in [2.45, 2.75) is 58.6 Å². The van der Waals surface area contributed by atoms with Crippen LogP contribution in [0, 0.1) is 0 Å². The molecular formula is C32H36N2O4. The number of carbonyl (C=O) groups excluding carboxylic acids is 1. The van der Waals surface area contributed by atoms with Crippen LogP contribution >= 0.6 is 0 Å². The van der Waals surface area contributed by atoms with Crippen molar-refractivity contribution in [3.63, 3.8) is 0 Å². The molecule has 0 spiro atoms. The Kier molecular flexibility index (Phi) is 7.59. The highest BCUT2D eigenvalue weighted by atomic mass is 16.5. The molecule has 2 N–H and O–H groups in total. The molecule has 5 rings (SSSR count). The molecule has 3 aromatic rings. The maximum absolute atomic E-state index is 13.9. The van der Waals surface area contributed by atoms with Gasteiger partial charge in [0.1, 0.15) is 5.75 Å². The Labute approximate surface area is 225 Å². The second-order valence-corrected chi connectivity index (χ2v) is 9.98. The van der Waals surface area contributed by atoms with Gasteiger partial charge < -0.3 is 24.8 Å². The van der Waals surface area contributed by atoms with Crippen molar-refractivity contribution < 1.29 is 19.0 Å². The van der Waals surface area contributed by atoms with Crippen LogP contribution in [0.5, 0.6) is 17.2 Å². The monoisotopic (exact) mass is 512 g/mol. The summed E-state index contributed by atoms with van der Waals surface area (Å²) in [4.78, 5) is 13.9. The quantitative estimate of drug-likeness (QED) is 0.331. The second-order valence-electron chi connectivity index (χ2n) is 9.98. The molecule has 0 bridgehead atoms. The van der Waals surface area contributed by atoms with Crippen LogP contribution < -0.4 is 24.8 Å². The van der Waals surface area contributed by atoms with Crippen LogP contribution in [-0.4, -0.2) is 25.1 Å². The minimum atomic E-state index is -0.317. The van der Waals surface area contributed by atoms with Gasteiger partial charge in [0.05, 0.1) is 36.7 Å². The fourth-order valence-electron chi connectivity index (χ4n) is 5.30. The number of ketones is 1. The summed E-state index contributed by atoms with van der Waals surface area (Å²) in [7, 11) is 0. The third-order valence-electron chi connectivity index (χ3n) is 6.94. The lowest BCUT2D eigenvalue weighted by atomic mass is 9.78. The number of allylic oxidation sites excluding steroid dienone is 1. The Morgan fingerprint density at radius 1 is 0.842 bits per heavy atom. The molecule has 1 heterocycles. The van der Waals surface area contributed by atoms with Gasteiger partial charge in [0, 0.05) is 17.7 Å². The molecular weight excluding hydrogens is 476 g/mol. The van der Waals surface area contributed by atoms with Crippen LogP contribution in [-0.2, 0) is 4.79 Å². The molecule has 2 unspecified atom stereocenters. The third kappa shape index (κ3) is 5.35. The van der Waals surface area contributed by atoms with E-state index in [1.807, 2.05) is 82.3 Å². The van der Waals surface area contributed by atoms with Gasteiger partial charge >= 0.3 is 0 Å². The van der Waals surface area contributed by atoms with Gasteiger partial charge in [-0.1, -0.05) is 30.3 Å². The van der Waals surface area contributed by atoms with Crippen LogP contribution in [0.15, 0.2) is 78.0 Å². The average molecular weight is 513 g/mol. The molecule has 6 nitrogen and oxygen atoms in total. The fraction of sp³-hybridized carbons (Fsp3) is 0.344. The highest BCUT2D eigenvalue weighted by Gasteiger charge is 2.36. The van der Waals surface area contributed by atoms with Crippen molar-refractivity contribution in [2.24, 2.45) is 0 Å². The van der Waals surface area contributed by atoms with Gasteiger partial charge in [0.15, 0.2) is 17.3 Å². The Hall–Kier alpha value is -3.93. The Morgan fingerprint density at radius 2 is 1.55 bits per heavy atom. The maximum atomic E-state index is 13.9. The molecule has 0 amide bonds. The van der Waals surface area contributed by atoms with Crippen LogP contribution in [0.25, 0.3) is 0 Å². The molecule has 0 saturated carbocycles. The van der Waals surface area contributed by atoms with Crippen molar-refractivity contribution >= 4 is 17.2 Å². The van der Waals surface area contributed by atoms with Crippen molar-refractivity contribution in [3.05, 3.63) is 89.1 Å². The highest BCUT2D eigenvalue weighted by molar-refractivity contribution is 6.01. The van der Waals surface area contributed by atoms with E-state index in [0.29, 0.717) is 31.1 Å². The summed E-state index contributed by atoms with van der Waals surface area (Å²) >= 11 is 0. The zero-order valence-corrected chi connectivity index (χ0v) is 22.5. The van der Waals surface area contributed by atoms with E-state index in [9.17, 15) is 4.79 Å². The Balaban J connectivity index is 1.55. The van der Waals surface area contributed by atoms with E-state index in [-0.39, 0.29) is 23.8 Å². The number of benzene rings is 3. The first-order chi connectivity index (χ1) is 18.5. The minimum absolute atomic E-state index is 0.0286. The molecule has 2 aliphatic rings. The second kappa shape index (κ2) is 11.2. The molecule has 0 radical (unpaired) electrons. The molecule has 198 valence electrons. The molecule has 6 heteroatoms. The lowest BCUT2D eigenvalue weighted by molar-refractivity contribution is -0.116. The van der Waals surface area contributed by atoms with Gasteiger partial charge in [-0.2, -0.15) is 0 Å². The van der Waals surface area contributed by atoms with E-state index in [2.05, 4.69) is 22.8 Å². The summed E-state index contributed by atoms with van der Waals surface area (Å²) in [6.07, 6.45) is 1.23. The van der Waals surface area contributed by atoms with Gasteiger partial charge in [0.2, 0.25) is 0 Å². The first-order valence-electron chi connectivity index (χ1n) is 13.5. The first-order valence-corrected chi connectivity index (χ1v) is 13.5. The number of rotatable bonds is 8. The molecule has 3 aromatic carbocycles. The SMILES string of the molecule is CCOc1ccc(C2CC(=O)C3=C(C2)Nc2ccccc2NC3c2ccc(OC(C)C)c(OCC)c2)cc1. The number of carbonyl (C=O) groups is 1. The maximum Gasteiger partial charge on any atom is 0.163 e. The van der Waals surface area contributed by atoms with Gasteiger partial charge in [-0.25, -0.2) is 0 Å². The normalized spacial score (nSPS) is 18.6. The average Bonchev–Trinajstić information content (AvgIpc) is 3.07. The lowest BCUT2D eigenvalue weighted by Gasteiger charge is -2.30. The molecule has 1 aliphatic carbocycles. The van der Waals surface area contributed by atoms with E-state index in [1.54, 1.807) is 0 Å². The van der Waals surface area contributed by atoms with E-state index < -0.39 is 0 Å². The molecule has 38 heavy (non-hydrogen) atoms. The lowest BCUT2D eigenvalue weighted by Crippen LogP contribution is -2.27. The minimum Gasteiger partial charge on any atom is -0.494 e. The number of Topliss-reactive ketones (excluding diaryl/α,β-unsaturated/α-hetero) is 1. The number of ether oxygens (including phenoxy) is 3. The smallest absolute Gasteiger partial charge is 0.163 e. The largest absolute Gasteiger partial charge is 0.494 e. The van der Waals surface area contributed by atoms with E-state index in [1.165, 1.54) is 0 Å². The predicted molar refractivity (Wildman–Crippen MR) is 151 cm³/mol. The van der Waals surface area contributed by atoms with Crippen LogP contribution in [0.3, 0.4) is 0 Å². The van der Waals surface area contributed by atoms with Crippen molar-refractivity contribution in [1.82, 2.24) is 0 Å². The summed E-state index contributed by atoms with van der Waals surface area (Å²) in [5.41, 5.74) is 5.77. The summed E-state index contributed by atoms with van der Waals surface area (Å²) in [5, 5.41) is 7.27. The van der Waals surface area contributed by atoms with Crippen molar-refractivity contribution in [3.8, 4) is 17.2 Å².